The highest BCUT2D eigenvalue weighted by Gasteiger charge is 2.03. The molecule has 1 aromatic rings. The molecule has 0 spiro atoms. The maximum atomic E-state index is 11.3. The third kappa shape index (κ3) is 5.68. The molecule has 0 aromatic heterocycles. The molecule has 0 aliphatic rings. The molecule has 0 N–H and O–H groups in total. The van der Waals surface area contributed by atoms with Crippen LogP contribution in [0.25, 0.3) is 0 Å². The summed E-state index contributed by atoms with van der Waals surface area (Å²) in [5.41, 5.74) is 1.10. The highest BCUT2D eigenvalue weighted by Crippen LogP contribution is 2.16. The van der Waals surface area contributed by atoms with Gasteiger partial charge < -0.3 is 14.2 Å². The van der Waals surface area contributed by atoms with Crippen molar-refractivity contribution in [2.24, 2.45) is 0 Å². The first-order valence-corrected chi connectivity index (χ1v) is 6.07. The molecule has 0 amide bonds. The molecule has 0 aliphatic carbocycles. The van der Waals surface area contributed by atoms with E-state index < -0.39 is 0 Å². The minimum atomic E-state index is -0.208. The van der Waals surface area contributed by atoms with Gasteiger partial charge in [-0.05, 0) is 25.0 Å². The highest BCUT2D eigenvalue weighted by atomic mass is 16.6. The van der Waals surface area contributed by atoms with Gasteiger partial charge in [-0.15, -0.1) is 0 Å². The van der Waals surface area contributed by atoms with Crippen molar-refractivity contribution in [3.05, 3.63) is 29.8 Å². The summed E-state index contributed by atoms with van der Waals surface area (Å²) in [5.74, 6) is 0.658. The Morgan fingerprint density at radius 1 is 1.17 bits per heavy atom. The molecule has 0 unspecified atom stereocenters. The van der Waals surface area contributed by atoms with Crippen molar-refractivity contribution in [2.45, 2.75) is 19.8 Å². The largest absolute Gasteiger partial charge is 0.493 e. The van der Waals surface area contributed by atoms with Crippen LogP contribution in [-0.4, -0.2) is 32.9 Å². The van der Waals surface area contributed by atoms with Gasteiger partial charge in [0.2, 0.25) is 0 Å². The number of rotatable bonds is 8. The first kappa shape index (κ1) is 14.5. The second-order valence-corrected chi connectivity index (χ2v) is 3.93. The van der Waals surface area contributed by atoms with Crippen LogP contribution in [0, 0.1) is 6.92 Å². The van der Waals surface area contributed by atoms with E-state index in [2.05, 4.69) is 0 Å². The van der Waals surface area contributed by atoms with Crippen molar-refractivity contribution in [1.29, 1.82) is 0 Å². The molecule has 1 aromatic carbocycles. The van der Waals surface area contributed by atoms with Crippen molar-refractivity contribution >= 4 is 5.97 Å². The summed E-state index contributed by atoms with van der Waals surface area (Å²) in [6, 6.07) is 7.82. The van der Waals surface area contributed by atoms with Crippen molar-refractivity contribution in [3.63, 3.8) is 0 Å². The number of carbonyl (C=O) groups is 1. The van der Waals surface area contributed by atoms with Crippen molar-refractivity contribution in [1.82, 2.24) is 0 Å². The van der Waals surface area contributed by atoms with Crippen LogP contribution in [0.3, 0.4) is 0 Å². The Morgan fingerprint density at radius 3 is 2.67 bits per heavy atom. The monoisotopic (exact) mass is 252 g/mol. The van der Waals surface area contributed by atoms with Gasteiger partial charge in [0, 0.05) is 13.5 Å². The quantitative estimate of drug-likeness (QED) is 0.526. The Labute approximate surface area is 108 Å². The molecule has 0 saturated heterocycles. The molecule has 0 heterocycles. The van der Waals surface area contributed by atoms with E-state index in [1.807, 2.05) is 31.2 Å². The minimum absolute atomic E-state index is 0.208. The van der Waals surface area contributed by atoms with Gasteiger partial charge in [-0.3, -0.25) is 4.79 Å². The normalized spacial score (nSPS) is 10.1. The third-order valence-electron chi connectivity index (χ3n) is 2.43. The topological polar surface area (TPSA) is 44.8 Å². The number of ether oxygens (including phenoxy) is 3. The molecule has 4 heteroatoms. The minimum Gasteiger partial charge on any atom is -0.493 e. The zero-order valence-electron chi connectivity index (χ0n) is 11.0. The summed E-state index contributed by atoms with van der Waals surface area (Å²) in [4.78, 5) is 11.3. The number of carbonyl (C=O) groups excluding carboxylic acids is 1. The summed E-state index contributed by atoms with van der Waals surface area (Å²) in [5, 5.41) is 0. The summed E-state index contributed by atoms with van der Waals surface area (Å²) >= 11 is 0. The van der Waals surface area contributed by atoms with Crippen molar-refractivity contribution in [3.8, 4) is 5.75 Å². The average molecular weight is 252 g/mol. The van der Waals surface area contributed by atoms with Crippen molar-refractivity contribution in [2.75, 3.05) is 26.9 Å². The third-order valence-corrected chi connectivity index (χ3v) is 2.43. The van der Waals surface area contributed by atoms with Crippen LogP contribution in [0.2, 0.25) is 0 Å². The molecule has 100 valence electrons. The standard InChI is InChI=1S/C14H20O4/c1-12-6-3-4-7-13(12)17-9-5-8-14(15)18-11-10-16-2/h3-4,6-7H,5,8-11H2,1-2H3. The SMILES string of the molecule is COCCOC(=O)CCCOc1ccccc1C. The van der Waals surface area contributed by atoms with Gasteiger partial charge in [0.05, 0.1) is 13.2 Å². The van der Waals surface area contributed by atoms with Crippen LogP contribution >= 0.6 is 0 Å². The second kappa shape index (κ2) is 8.53. The lowest BCUT2D eigenvalue weighted by molar-refractivity contribution is -0.145. The first-order valence-electron chi connectivity index (χ1n) is 6.07. The maximum absolute atomic E-state index is 11.3. The fourth-order valence-electron chi connectivity index (χ4n) is 1.43. The summed E-state index contributed by atoms with van der Waals surface area (Å²) < 4.78 is 15.3. The van der Waals surface area contributed by atoms with E-state index in [-0.39, 0.29) is 5.97 Å². The van der Waals surface area contributed by atoms with Crippen LogP contribution in [0.1, 0.15) is 18.4 Å². The number of hydrogen-bond acceptors (Lipinski definition) is 4. The lowest BCUT2D eigenvalue weighted by Crippen LogP contribution is -2.10. The molecule has 0 radical (unpaired) electrons. The average Bonchev–Trinajstić information content (AvgIpc) is 2.37. The van der Waals surface area contributed by atoms with Crippen LogP contribution in [0.15, 0.2) is 24.3 Å². The lowest BCUT2D eigenvalue weighted by Gasteiger charge is -2.08. The number of aryl methyl sites for hydroxylation is 1. The van der Waals surface area contributed by atoms with Crippen LogP contribution < -0.4 is 4.74 Å². The summed E-state index contributed by atoms with van der Waals surface area (Å²) in [7, 11) is 1.57. The van der Waals surface area contributed by atoms with Crippen LogP contribution in [0.5, 0.6) is 5.75 Å². The molecule has 0 saturated carbocycles. The maximum Gasteiger partial charge on any atom is 0.305 e. The van der Waals surface area contributed by atoms with E-state index in [1.165, 1.54) is 0 Å². The fraction of sp³-hybridized carbons (Fsp3) is 0.500. The number of hydrogen-bond donors (Lipinski definition) is 0. The predicted molar refractivity (Wildman–Crippen MR) is 68.7 cm³/mol. The Hall–Kier alpha value is -1.55. The molecule has 18 heavy (non-hydrogen) atoms. The van der Waals surface area contributed by atoms with E-state index >= 15 is 0 Å². The van der Waals surface area contributed by atoms with E-state index in [0.29, 0.717) is 32.7 Å². The van der Waals surface area contributed by atoms with Gasteiger partial charge in [-0.2, -0.15) is 0 Å². The van der Waals surface area contributed by atoms with Crippen LogP contribution in [0.4, 0.5) is 0 Å². The second-order valence-electron chi connectivity index (χ2n) is 3.93. The number of benzene rings is 1. The molecular weight excluding hydrogens is 232 g/mol. The summed E-state index contributed by atoms with van der Waals surface area (Å²) in [6.07, 6.45) is 1.02. The van der Waals surface area contributed by atoms with Gasteiger partial charge in [0.15, 0.2) is 0 Å². The molecule has 0 aliphatic heterocycles. The zero-order valence-corrected chi connectivity index (χ0v) is 11.0. The Morgan fingerprint density at radius 2 is 1.94 bits per heavy atom. The molecule has 1 rings (SSSR count). The Bertz CT molecular complexity index is 363. The first-order chi connectivity index (χ1) is 8.74. The van der Waals surface area contributed by atoms with Crippen molar-refractivity contribution < 1.29 is 19.0 Å². The summed E-state index contributed by atoms with van der Waals surface area (Å²) in [6.45, 7) is 3.26. The van der Waals surface area contributed by atoms with E-state index in [1.54, 1.807) is 7.11 Å². The molecule has 4 nitrogen and oxygen atoms in total. The molecular formula is C14H20O4. The molecule has 0 bridgehead atoms. The van der Waals surface area contributed by atoms with E-state index in [9.17, 15) is 4.79 Å². The zero-order chi connectivity index (χ0) is 13.2. The smallest absolute Gasteiger partial charge is 0.305 e. The van der Waals surface area contributed by atoms with Crippen LogP contribution in [-0.2, 0) is 14.3 Å². The van der Waals surface area contributed by atoms with E-state index in [4.69, 9.17) is 14.2 Å². The van der Waals surface area contributed by atoms with Gasteiger partial charge in [0.25, 0.3) is 0 Å². The van der Waals surface area contributed by atoms with E-state index in [0.717, 1.165) is 11.3 Å². The predicted octanol–water partition coefficient (Wildman–Crippen LogP) is 2.34. The van der Waals surface area contributed by atoms with Gasteiger partial charge in [0.1, 0.15) is 12.4 Å². The Kier molecular flexibility index (Phi) is 6.87. The number of methoxy groups -OCH3 is 1. The Balaban J connectivity index is 2.12. The van der Waals surface area contributed by atoms with Gasteiger partial charge >= 0.3 is 5.97 Å². The molecule has 0 fully saturated rings. The molecule has 0 atom stereocenters. The lowest BCUT2D eigenvalue weighted by atomic mass is 10.2. The number of para-hydroxylation sites is 1. The van der Waals surface area contributed by atoms with Gasteiger partial charge in [-0.1, -0.05) is 18.2 Å². The fourth-order valence-corrected chi connectivity index (χ4v) is 1.43. The number of esters is 1. The van der Waals surface area contributed by atoms with Gasteiger partial charge in [-0.25, -0.2) is 0 Å². The highest BCUT2D eigenvalue weighted by molar-refractivity contribution is 5.69.